The third-order valence-corrected chi connectivity index (χ3v) is 4.85. The highest BCUT2D eigenvalue weighted by Gasteiger charge is 2.35. The molecule has 1 saturated heterocycles. The molecule has 2 nitrogen and oxygen atoms in total. The smallest absolute Gasteiger partial charge is 0.182 e. The summed E-state index contributed by atoms with van der Waals surface area (Å²) < 4.78 is 13.9. The molecule has 108 valence electrons. The molecule has 0 amide bonds. The lowest BCUT2D eigenvalue weighted by molar-refractivity contribution is 0.0857. The summed E-state index contributed by atoms with van der Waals surface area (Å²) in [7, 11) is 0. The predicted octanol–water partition coefficient (Wildman–Crippen LogP) is 3.63. The van der Waals surface area contributed by atoms with Gasteiger partial charge in [-0.2, -0.15) is 0 Å². The van der Waals surface area contributed by atoms with Gasteiger partial charge in [-0.25, -0.2) is 4.39 Å². The molecular weight excluding hydrogens is 253 g/mol. The molecule has 20 heavy (non-hydrogen) atoms. The number of benzene rings is 1. The molecule has 3 heteroatoms. The standard InChI is InChI=1S/C17H22FNO/c1-11-6-8-14(18)13(10-11)17(20)16-9-7-12-4-2-3-5-15(12)19-16/h6,8,10,12,15-16,19H,2-5,7,9H2,1H3. The summed E-state index contributed by atoms with van der Waals surface area (Å²) in [5.41, 5.74) is 1.18. The van der Waals surface area contributed by atoms with Crippen molar-refractivity contribution in [3.05, 3.63) is 35.1 Å². The quantitative estimate of drug-likeness (QED) is 0.835. The Morgan fingerprint density at radius 3 is 2.85 bits per heavy atom. The number of piperidine rings is 1. The number of Topliss-reactive ketones (excluding diaryl/α,β-unsaturated/α-hetero) is 1. The first-order valence-electron chi connectivity index (χ1n) is 7.71. The van der Waals surface area contributed by atoms with Gasteiger partial charge in [-0.1, -0.05) is 24.5 Å². The zero-order valence-electron chi connectivity index (χ0n) is 12.0. The number of carbonyl (C=O) groups is 1. The molecule has 1 aromatic carbocycles. The SMILES string of the molecule is Cc1ccc(F)c(C(=O)C2CCC3CCCCC3N2)c1. The molecule has 2 aliphatic rings. The van der Waals surface area contributed by atoms with Gasteiger partial charge in [-0.05, 0) is 50.7 Å². The highest BCUT2D eigenvalue weighted by molar-refractivity contribution is 6.00. The van der Waals surface area contributed by atoms with Gasteiger partial charge < -0.3 is 5.32 Å². The average molecular weight is 275 g/mol. The van der Waals surface area contributed by atoms with Crippen LogP contribution in [0, 0.1) is 18.7 Å². The highest BCUT2D eigenvalue weighted by Crippen LogP contribution is 2.33. The summed E-state index contributed by atoms with van der Waals surface area (Å²) in [5, 5.41) is 3.48. The van der Waals surface area contributed by atoms with Gasteiger partial charge in [0.1, 0.15) is 5.82 Å². The van der Waals surface area contributed by atoms with Gasteiger partial charge in [-0.15, -0.1) is 0 Å². The van der Waals surface area contributed by atoms with E-state index in [1.54, 1.807) is 12.1 Å². The van der Waals surface area contributed by atoms with Crippen molar-refractivity contribution in [2.45, 2.75) is 57.5 Å². The molecule has 1 N–H and O–H groups in total. The van der Waals surface area contributed by atoms with Crippen LogP contribution >= 0.6 is 0 Å². The first-order chi connectivity index (χ1) is 9.65. The summed E-state index contributed by atoms with van der Waals surface area (Å²) in [4.78, 5) is 12.5. The second-order valence-corrected chi connectivity index (χ2v) is 6.30. The fourth-order valence-corrected chi connectivity index (χ4v) is 3.72. The molecule has 0 radical (unpaired) electrons. The summed E-state index contributed by atoms with van der Waals surface area (Å²) in [6.07, 6.45) is 6.93. The van der Waals surface area contributed by atoms with Crippen molar-refractivity contribution in [2.24, 2.45) is 5.92 Å². The van der Waals surface area contributed by atoms with E-state index in [0.717, 1.165) is 30.7 Å². The lowest BCUT2D eigenvalue weighted by Gasteiger charge is -2.40. The number of nitrogens with one attached hydrogen (secondary N) is 1. The maximum Gasteiger partial charge on any atom is 0.182 e. The Bertz CT molecular complexity index is 514. The largest absolute Gasteiger partial charge is 0.304 e. The second kappa shape index (κ2) is 5.65. The van der Waals surface area contributed by atoms with E-state index in [4.69, 9.17) is 0 Å². The van der Waals surface area contributed by atoms with Crippen LogP contribution in [-0.2, 0) is 0 Å². The number of hydrogen-bond acceptors (Lipinski definition) is 2. The normalized spacial score (nSPS) is 29.8. The molecule has 0 bridgehead atoms. The molecule has 1 aliphatic carbocycles. The monoisotopic (exact) mass is 275 g/mol. The summed E-state index contributed by atoms with van der Waals surface area (Å²) in [5.74, 6) is 0.249. The van der Waals surface area contributed by atoms with Crippen LogP contribution < -0.4 is 5.32 Å². The maximum atomic E-state index is 13.9. The van der Waals surface area contributed by atoms with Crippen LogP contribution in [-0.4, -0.2) is 17.9 Å². The molecule has 0 aromatic heterocycles. The van der Waals surface area contributed by atoms with Crippen molar-refractivity contribution < 1.29 is 9.18 Å². The molecule has 1 heterocycles. The fourth-order valence-electron chi connectivity index (χ4n) is 3.72. The van der Waals surface area contributed by atoms with E-state index in [-0.39, 0.29) is 17.4 Å². The Hall–Kier alpha value is -1.22. The zero-order valence-corrected chi connectivity index (χ0v) is 12.0. The van der Waals surface area contributed by atoms with E-state index >= 15 is 0 Å². The zero-order chi connectivity index (χ0) is 14.1. The van der Waals surface area contributed by atoms with Crippen molar-refractivity contribution in [3.8, 4) is 0 Å². The number of hydrogen-bond donors (Lipinski definition) is 1. The van der Waals surface area contributed by atoms with E-state index < -0.39 is 5.82 Å². The number of halogens is 1. The Kier molecular flexibility index (Phi) is 3.88. The molecule has 1 aliphatic heterocycles. The number of rotatable bonds is 2. The molecule has 0 spiro atoms. The van der Waals surface area contributed by atoms with Crippen molar-refractivity contribution in [3.63, 3.8) is 0 Å². The van der Waals surface area contributed by atoms with Gasteiger partial charge in [-0.3, -0.25) is 4.79 Å². The fraction of sp³-hybridized carbons (Fsp3) is 0.588. The molecule has 1 aromatic rings. The van der Waals surface area contributed by atoms with Crippen LogP contribution in [0.25, 0.3) is 0 Å². The molecule has 2 fully saturated rings. The van der Waals surface area contributed by atoms with E-state index in [1.807, 2.05) is 6.92 Å². The minimum Gasteiger partial charge on any atom is -0.304 e. The molecule has 3 atom stereocenters. The predicted molar refractivity (Wildman–Crippen MR) is 77.4 cm³/mol. The lowest BCUT2D eigenvalue weighted by Crippen LogP contribution is -2.52. The van der Waals surface area contributed by atoms with Crippen molar-refractivity contribution in [2.75, 3.05) is 0 Å². The van der Waals surface area contributed by atoms with E-state index in [1.165, 1.54) is 25.3 Å². The van der Waals surface area contributed by atoms with Crippen LogP contribution in [0.4, 0.5) is 4.39 Å². The van der Waals surface area contributed by atoms with Crippen molar-refractivity contribution in [1.82, 2.24) is 5.32 Å². The van der Waals surface area contributed by atoms with Gasteiger partial charge in [0, 0.05) is 6.04 Å². The van der Waals surface area contributed by atoms with Gasteiger partial charge in [0.05, 0.1) is 11.6 Å². The van der Waals surface area contributed by atoms with Crippen molar-refractivity contribution in [1.29, 1.82) is 0 Å². The molecule has 3 rings (SSSR count). The molecule has 3 unspecified atom stereocenters. The minimum atomic E-state index is -0.395. The topological polar surface area (TPSA) is 29.1 Å². The average Bonchev–Trinajstić information content (AvgIpc) is 2.48. The van der Waals surface area contributed by atoms with Gasteiger partial charge in [0.2, 0.25) is 0 Å². The maximum absolute atomic E-state index is 13.9. The number of carbonyl (C=O) groups excluding carboxylic acids is 1. The number of fused-ring (bicyclic) bond motifs is 1. The molecular formula is C17H22FNO. The molecule has 1 saturated carbocycles. The van der Waals surface area contributed by atoms with Crippen LogP contribution in [0.1, 0.15) is 54.4 Å². The Labute approximate surface area is 119 Å². The van der Waals surface area contributed by atoms with E-state index in [0.29, 0.717) is 6.04 Å². The van der Waals surface area contributed by atoms with Crippen molar-refractivity contribution >= 4 is 5.78 Å². The Balaban J connectivity index is 1.76. The van der Waals surface area contributed by atoms with Crippen LogP contribution in [0.3, 0.4) is 0 Å². The van der Waals surface area contributed by atoms with Crippen LogP contribution in [0.15, 0.2) is 18.2 Å². The van der Waals surface area contributed by atoms with Crippen LogP contribution in [0.2, 0.25) is 0 Å². The van der Waals surface area contributed by atoms with E-state index in [2.05, 4.69) is 5.32 Å². The summed E-state index contributed by atoms with van der Waals surface area (Å²) in [6.45, 7) is 1.89. The highest BCUT2D eigenvalue weighted by atomic mass is 19.1. The third kappa shape index (κ3) is 2.64. The van der Waals surface area contributed by atoms with Crippen LogP contribution in [0.5, 0.6) is 0 Å². The summed E-state index contributed by atoms with van der Waals surface area (Å²) >= 11 is 0. The number of aryl methyl sites for hydroxylation is 1. The minimum absolute atomic E-state index is 0.0739. The third-order valence-electron chi connectivity index (χ3n) is 4.85. The first kappa shape index (κ1) is 13.7. The van der Waals surface area contributed by atoms with E-state index in [9.17, 15) is 9.18 Å². The summed E-state index contributed by atoms with van der Waals surface area (Å²) in [6, 6.07) is 5.03. The second-order valence-electron chi connectivity index (χ2n) is 6.30. The Morgan fingerprint density at radius 2 is 2.00 bits per heavy atom. The lowest BCUT2D eigenvalue weighted by atomic mass is 9.77. The number of ketones is 1. The van der Waals surface area contributed by atoms with Gasteiger partial charge in [0.15, 0.2) is 5.78 Å². The van der Waals surface area contributed by atoms with Gasteiger partial charge in [0.25, 0.3) is 0 Å². The van der Waals surface area contributed by atoms with Gasteiger partial charge >= 0.3 is 0 Å². The first-order valence-corrected chi connectivity index (χ1v) is 7.71. The Morgan fingerprint density at radius 1 is 1.20 bits per heavy atom.